The van der Waals surface area contributed by atoms with Crippen LogP contribution in [0.2, 0.25) is 0 Å². The van der Waals surface area contributed by atoms with Crippen molar-refractivity contribution in [2.24, 2.45) is 0 Å². The molecule has 3 heteroatoms. The fourth-order valence-electron chi connectivity index (χ4n) is 2.66. The Kier molecular flexibility index (Phi) is 7.09. The van der Waals surface area contributed by atoms with Gasteiger partial charge in [-0.1, -0.05) is 13.3 Å². The van der Waals surface area contributed by atoms with E-state index in [-0.39, 0.29) is 0 Å². The second kappa shape index (κ2) is 8.06. The van der Waals surface area contributed by atoms with Gasteiger partial charge in [-0.05, 0) is 46.8 Å². The summed E-state index contributed by atoms with van der Waals surface area (Å²) in [5.41, 5.74) is 0. The van der Waals surface area contributed by atoms with E-state index in [0.29, 0.717) is 6.04 Å². The first-order valence-corrected chi connectivity index (χ1v) is 7.25. The molecule has 0 radical (unpaired) electrons. The highest BCUT2D eigenvalue weighted by atomic mass is 15.2. The molecule has 1 rings (SSSR count). The van der Waals surface area contributed by atoms with Crippen molar-refractivity contribution in [3.05, 3.63) is 0 Å². The monoisotopic (exact) mass is 241 g/mol. The van der Waals surface area contributed by atoms with Gasteiger partial charge >= 0.3 is 0 Å². The van der Waals surface area contributed by atoms with Crippen LogP contribution in [0.15, 0.2) is 0 Å². The molecule has 1 heterocycles. The molecule has 2 unspecified atom stereocenters. The van der Waals surface area contributed by atoms with E-state index < -0.39 is 0 Å². The average molecular weight is 241 g/mol. The largest absolute Gasteiger partial charge is 0.313 e. The summed E-state index contributed by atoms with van der Waals surface area (Å²) in [6.45, 7) is 9.43. The van der Waals surface area contributed by atoms with Crippen LogP contribution < -0.4 is 5.32 Å². The Morgan fingerprint density at radius 2 is 2.18 bits per heavy atom. The summed E-state index contributed by atoms with van der Waals surface area (Å²) in [7, 11) is 4.41. The van der Waals surface area contributed by atoms with Gasteiger partial charge in [-0.25, -0.2) is 0 Å². The Labute approximate surface area is 108 Å². The predicted octanol–water partition coefficient (Wildman–Crippen LogP) is 1.79. The average Bonchev–Trinajstić information content (AvgIpc) is 2.30. The molecule has 1 N–H and O–H groups in total. The third-order valence-corrected chi connectivity index (χ3v) is 3.85. The van der Waals surface area contributed by atoms with Crippen molar-refractivity contribution in [2.75, 3.05) is 40.3 Å². The lowest BCUT2D eigenvalue weighted by Crippen LogP contribution is -2.47. The summed E-state index contributed by atoms with van der Waals surface area (Å²) < 4.78 is 0. The highest BCUT2D eigenvalue weighted by molar-refractivity contribution is 4.78. The first-order valence-electron chi connectivity index (χ1n) is 7.25. The van der Waals surface area contributed by atoms with Crippen molar-refractivity contribution in [2.45, 2.75) is 51.6 Å². The Morgan fingerprint density at radius 1 is 1.41 bits per heavy atom. The van der Waals surface area contributed by atoms with Gasteiger partial charge in [0.15, 0.2) is 0 Å². The van der Waals surface area contributed by atoms with Gasteiger partial charge in [0, 0.05) is 31.7 Å². The molecule has 1 fully saturated rings. The summed E-state index contributed by atoms with van der Waals surface area (Å²) in [5, 5.41) is 3.62. The van der Waals surface area contributed by atoms with Gasteiger partial charge in [-0.2, -0.15) is 0 Å². The quantitative estimate of drug-likeness (QED) is 0.733. The molecule has 0 aromatic carbocycles. The van der Waals surface area contributed by atoms with E-state index in [1.165, 1.54) is 45.3 Å². The second-order valence-electron chi connectivity index (χ2n) is 5.70. The van der Waals surface area contributed by atoms with Gasteiger partial charge in [0.25, 0.3) is 0 Å². The van der Waals surface area contributed by atoms with Crippen LogP contribution in [0.5, 0.6) is 0 Å². The fourth-order valence-corrected chi connectivity index (χ4v) is 2.66. The zero-order valence-corrected chi connectivity index (χ0v) is 12.2. The van der Waals surface area contributed by atoms with E-state index in [4.69, 9.17) is 0 Å². The van der Waals surface area contributed by atoms with Crippen LogP contribution in [-0.4, -0.2) is 62.2 Å². The zero-order chi connectivity index (χ0) is 12.7. The number of hydrogen-bond donors (Lipinski definition) is 1. The lowest BCUT2D eigenvalue weighted by Gasteiger charge is -2.36. The van der Waals surface area contributed by atoms with Crippen LogP contribution in [0, 0.1) is 0 Å². The maximum Gasteiger partial charge on any atom is 0.0217 e. The van der Waals surface area contributed by atoms with Crippen LogP contribution >= 0.6 is 0 Å². The SMILES string of the molecule is CCCC(C)NCCN1CCCC(N(C)C)C1. The van der Waals surface area contributed by atoms with Crippen molar-refractivity contribution in [3.8, 4) is 0 Å². The predicted molar refractivity (Wildman–Crippen MR) is 75.5 cm³/mol. The lowest BCUT2D eigenvalue weighted by atomic mass is 10.1. The van der Waals surface area contributed by atoms with E-state index in [1.54, 1.807) is 0 Å². The fraction of sp³-hybridized carbons (Fsp3) is 1.00. The number of likely N-dealkylation sites (N-methyl/N-ethyl adjacent to an activating group) is 1. The first kappa shape index (κ1) is 14.9. The van der Waals surface area contributed by atoms with Crippen LogP contribution in [0.4, 0.5) is 0 Å². The van der Waals surface area contributed by atoms with E-state index >= 15 is 0 Å². The third-order valence-electron chi connectivity index (χ3n) is 3.85. The Balaban J connectivity index is 2.14. The maximum absolute atomic E-state index is 3.62. The molecule has 0 aliphatic carbocycles. The third kappa shape index (κ3) is 5.84. The summed E-state index contributed by atoms with van der Waals surface area (Å²) in [6.07, 6.45) is 5.29. The number of nitrogens with zero attached hydrogens (tertiary/aromatic N) is 2. The summed E-state index contributed by atoms with van der Waals surface area (Å²) in [6, 6.07) is 1.44. The maximum atomic E-state index is 3.62. The summed E-state index contributed by atoms with van der Waals surface area (Å²) >= 11 is 0. The zero-order valence-electron chi connectivity index (χ0n) is 12.2. The Bertz CT molecular complexity index is 194. The van der Waals surface area contributed by atoms with E-state index in [9.17, 15) is 0 Å². The van der Waals surface area contributed by atoms with Gasteiger partial charge in [0.2, 0.25) is 0 Å². The number of piperidine rings is 1. The standard InChI is InChI=1S/C14H31N3/c1-5-7-13(2)15-9-11-17-10-6-8-14(12-17)16(3)4/h13-15H,5-12H2,1-4H3. The van der Waals surface area contributed by atoms with Gasteiger partial charge in [-0.15, -0.1) is 0 Å². The van der Waals surface area contributed by atoms with Crippen molar-refractivity contribution in [1.82, 2.24) is 15.1 Å². The topological polar surface area (TPSA) is 18.5 Å². The first-order chi connectivity index (χ1) is 8.13. The van der Waals surface area contributed by atoms with E-state index in [1.807, 2.05) is 0 Å². The van der Waals surface area contributed by atoms with Gasteiger partial charge < -0.3 is 15.1 Å². The van der Waals surface area contributed by atoms with Crippen molar-refractivity contribution in [3.63, 3.8) is 0 Å². The molecule has 1 aliphatic rings. The molecule has 0 saturated carbocycles. The summed E-state index contributed by atoms with van der Waals surface area (Å²) in [4.78, 5) is 4.99. The second-order valence-corrected chi connectivity index (χ2v) is 5.70. The highest BCUT2D eigenvalue weighted by Gasteiger charge is 2.20. The van der Waals surface area contributed by atoms with Gasteiger partial charge in [0.05, 0.1) is 0 Å². The molecule has 17 heavy (non-hydrogen) atoms. The van der Waals surface area contributed by atoms with Gasteiger partial charge in [0.1, 0.15) is 0 Å². The minimum Gasteiger partial charge on any atom is -0.313 e. The van der Waals surface area contributed by atoms with Crippen LogP contribution in [0.1, 0.15) is 39.5 Å². The summed E-state index contributed by atoms with van der Waals surface area (Å²) in [5.74, 6) is 0. The number of hydrogen-bond acceptors (Lipinski definition) is 3. The van der Waals surface area contributed by atoms with Crippen LogP contribution in [-0.2, 0) is 0 Å². The molecular weight excluding hydrogens is 210 g/mol. The van der Waals surface area contributed by atoms with Gasteiger partial charge in [-0.3, -0.25) is 0 Å². The van der Waals surface area contributed by atoms with Crippen molar-refractivity contribution < 1.29 is 0 Å². The minimum atomic E-state index is 0.675. The molecular formula is C14H31N3. The molecule has 0 spiro atoms. The molecule has 102 valence electrons. The molecule has 0 amide bonds. The number of likely N-dealkylation sites (tertiary alicyclic amines) is 1. The van der Waals surface area contributed by atoms with Crippen LogP contribution in [0.25, 0.3) is 0 Å². The molecule has 0 aromatic heterocycles. The van der Waals surface area contributed by atoms with E-state index in [2.05, 4.69) is 43.1 Å². The van der Waals surface area contributed by atoms with E-state index in [0.717, 1.165) is 12.6 Å². The molecule has 0 aromatic rings. The lowest BCUT2D eigenvalue weighted by molar-refractivity contribution is 0.133. The normalized spacial score (nSPS) is 24.2. The molecule has 0 bridgehead atoms. The van der Waals surface area contributed by atoms with Crippen molar-refractivity contribution >= 4 is 0 Å². The number of nitrogens with one attached hydrogen (secondary N) is 1. The number of rotatable bonds is 7. The minimum absolute atomic E-state index is 0.675. The Morgan fingerprint density at radius 3 is 2.82 bits per heavy atom. The molecule has 1 saturated heterocycles. The Hall–Kier alpha value is -0.120. The smallest absolute Gasteiger partial charge is 0.0217 e. The molecule has 2 atom stereocenters. The highest BCUT2D eigenvalue weighted by Crippen LogP contribution is 2.12. The molecule has 3 nitrogen and oxygen atoms in total. The molecule has 1 aliphatic heterocycles. The van der Waals surface area contributed by atoms with Crippen molar-refractivity contribution in [1.29, 1.82) is 0 Å². The van der Waals surface area contributed by atoms with Crippen LogP contribution in [0.3, 0.4) is 0 Å².